The van der Waals surface area contributed by atoms with E-state index in [-0.39, 0.29) is 11.5 Å². The first-order chi connectivity index (χ1) is 7.38. The van der Waals surface area contributed by atoms with Crippen LogP contribution in [-0.4, -0.2) is 41.9 Å². The standard InChI is InChI=1S/C12H21NO3/c1-12(2,3)6-4-5-10-9-13(11(14)15)7-8-16-10/h4-5,10H,6-9H2,1-3H3,(H,14,15)/b5-4+. The molecule has 1 unspecified atom stereocenters. The van der Waals surface area contributed by atoms with Crippen molar-refractivity contribution in [2.24, 2.45) is 5.41 Å². The number of carbonyl (C=O) groups is 1. The van der Waals surface area contributed by atoms with Crippen molar-refractivity contribution in [1.29, 1.82) is 0 Å². The Kier molecular flexibility index (Phi) is 4.35. The van der Waals surface area contributed by atoms with Crippen molar-refractivity contribution in [3.05, 3.63) is 12.2 Å². The molecule has 0 bridgehead atoms. The number of hydrogen-bond donors (Lipinski definition) is 1. The summed E-state index contributed by atoms with van der Waals surface area (Å²) in [5.41, 5.74) is 0.262. The summed E-state index contributed by atoms with van der Waals surface area (Å²) in [5, 5.41) is 8.86. The predicted molar refractivity (Wildman–Crippen MR) is 62.5 cm³/mol. The first-order valence-corrected chi connectivity index (χ1v) is 5.64. The van der Waals surface area contributed by atoms with Gasteiger partial charge in [0, 0.05) is 6.54 Å². The third kappa shape index (κ3) is 4.66. The minimum Gasteiger partial charge on any atom is -0.465 e. The molecular formula is C12H21NO3. The van der Waals surface area contributed by atoms with Gasteiger partial charge in [0.1, 0.15) is 0 Å². The van der Waals surface area contributed by atoms with Crippen LogP contribution in [0.2, 0.25) is 0 Å². The molecule has 4 nitrogen and oxygen atoms in total. The van der Waals surface area contributed by atoms with Gasteiger partial charge in [0.25, 0.3) is 0 Å². The lowest BCUT2D eigenvalue weighted by Crippen LogP contribution is -2.44. The van der Waals surface area contributed by atoms with E-state index in [2.05, 4.69) is 26.8 Å². The highest BCUT2D eigenvalue weighted by Gasteiger charge is 2.21. The number of carboxylic acid groups (broad SMARTS) is 1. The number of hydrogen-bond acceptors (Lipinski definition) is 2. The van der Waals surface area contributed by atoms with Crippen LogP contribution in [0.5, 0.6) is 0 Å². The highest BCUT2D eigenvalue weighted by atomic mass is 16.5. The average Bonchev–Trinajstić information content (AvgIpc) is 2.16. The zero-order chi connectivity index (χ0) is 12.2. The number of allylic oxidation sites excluding steroid dienone is 1. The molecular weight excluding hydrogens is 206 g/mol. The van der Waals surface area contributed by atoms with Crippen LogP contribution in [-0.2, 0) is 4.74 Å². The Morgan fingerprint density at radius 3 is 2.81 bits per heavy atom. The van der Waals surface area contributed by atoms with E-state index in [0.29, 0.717) is 19.7 Å². The van der Waals surface area contributed by atoms with Crippen LogP contribution in [0.3, 0.4) is 0 Å². The Balaban J connectivity index is 2.40. The molecule has 0 radical (unpaired) electrons. The zero-order valence-corrected chi connectivity index (χ0v) is 10.3. The van der Waals surface area contributed by atoms with Gasteiger partial charge in [0.05, 0.1) is 19.3 Å². The van der Waals surface area contributed by atoms with Crippen LogP contribution in [0, 0.1) is 5.41 Å². The van der Waals surface area contributed by atoms with Crippen molar-refractivity contribution >= 4 is 6.09 Å². The lowest BCUT2D eigenvalue weighted by Gasteiger charge is -2.29. The number of nitrogens with zero attached hydrogens (tertiary/aromatic N) is 1. The molecule has 0 aliphatic carbocycles. The van der Waals surface area contributed by atoms with E-state index in [1.165, 1.54) is 4.90 Å². The summed E-state index contributed by atoms with van der Waals surface area (Å²) in [6.07, 6.45) is 4.07. The Morgan fingerprint density at radius 2 is 2.25 bits per heavy atom. The fourth-order valence-corrected chi connectivity index (χ4v) is 1.54. The molecule has 1 rings (SSSR count). The van der Waals surface area contributed by atoms with E-state index >= 15 is 0 Å². The van der Waals surface area contributed by atoms with Crippen LogP contribution in [0.15, 0.2) is 12.2 Å². The summed E-state index contributed by atoms with van der Waals surface area (Å²) in [6.45, 7) is 7.90. The van der Waals surface area contributed by atoms with Crippen LogP contribution in [0.1, 0.15) is 27.2 Å². The minimum atomic E-state index is -0.863. The number of morpholine rings is 1. The van der Waals surface area contributed by atoms with Gasteiger partial charge in [0.2, 0.25) is 0 Å². The Bertz CT molecular complexity index is 268. The lowest BCUT2D eigenvalue weighted by atomic mass is 9.92. The third-order valence-corrected chi connectivity index (χ3v) is 2.44. The smallest absolute Gasteiger partial charge is 0.407 e. The average molecular weight is 227 g/mol. The maximum Gasteiger partial charge on any atom is 0.407 e. The van der Waals surface area contributed by atoms with E-state index in [4.69, 9.17) is 9.84 Å². The number of amides is 1. The molecule has 1 amide bonds. The second kappa shape index (κ2) is 5.34. The third-order valence-electron chi connectivity index (χ3n) is 2.44. The van der Waals surface area contributed by atoms with Gasteiger partial charge in [-0.3, -0.25) is 0 Å². The van der Waals surface area contributed by atoms with E-state index in [0.717, 1.165) is 6.42 Å². The maximum absolute atomic E-state index is 10.8. The van der Waals surface area contributed by atoms with Crippen molar-refractivity contribution in [3.63, 3.8) is 0 Å². The van der Waals surface area contributed by atoms with Crippen LogP contribution in [0.4, 0.5) is 4.79 Å². The van der Waals surface area contributed by atoms with Gasteiger partial charge in [-0.25, -0.2) is 4.79 Å². The van der Waals surface area contributed by atoms with Gasteiger partial charge < -0.3 is 14.7 Å². The molecule has 0 aromatic rings. The van der Waals surface area contributed by atoms with Crippen molar-refractivity contribution in [3.8, 4) is 0 Å². The number of rotatable bonds is 2. The molecule has 1 heterocycles. The number of ether oxygens (including phenoxy) is 1. The fourth-order valence-electron chi connectivity index (χ4n) is 1.54. The first-order valence-electron chi connectivity index (χ1n) is 5.64. The molecule has 1 atom stereocenters. The Labute approximate surface area is 96.9 Å². The molecule has 1 fully saturated rings. The molecule has 0 saturated carbocycles. The Morgan fingerprint density at radius 1 is 1.56 bits per heavy atom. The second-order valence-corrected chi connectivity index (χ2v) is 5.33. The van der Waals surface area contributed by atoms with Gasteiger partial charge in [-0.2, -0.15) is 0 Å². The van der Waals surface area contributed by atoms with Gasteiger partial charge in [-0.15, -0.1) is 0 Å². The molecule has 1 aliphatic heterocycles. The van der Waals surface area contributed by atoms with Crippen molar-refractivity contribution in [2.45, 2.75) is 33.3 Å². The molecule has 0 aromatic carbocycles. The van der Waals surface area contributed by atoms with Gasteiger partial charge in [-0.1, -0.05) is 32.9 Å². The summed E-state index contributed by atoms with van der Waals surface area (Å²) < 4.78 is 5.48. The molecule has 4 heteroatoms. The van der Waals surface area contributed by atoms with Crippen LogP contribution < -0.4 is 0 Å². The molecule has 1 N–H and O–H groups in total. The van der Waals surface area contributed by atoms with E-state index in [1.807, 2.05) is 6.08 Å². The van der Waals surface area contributed by atoms with Crippen molar-refractivity contribution in [1.82, 2.24) is 4.90 Å². The SMILES string of the molecule is CC(C)(C)C/C=C/C1CN(C(=O)O)CCO1. The first kappa shape index (κ1) is 13.0. The highest BCUT2D eigenvalue weighted by molar-refractivity contribution is 5.65. The minimum absolute atomic E-state index is 0.0906. The topological polar surface area (TPSA) is 49.8 Å². The largest absolute Gasteiger partial charge is 0.465 e. The molecule has 92 valence electrons. The molecule has 16 heavy (non-hydrogen) atoms. The summed E-state index contributed by atoms with van der Waals surface area (Å²) >= 11 is 0. The summed E-state index contributed by atoms with van der Waals surface area (Å²) in [7, 11) is 0. The summed E-state index contributed by atoms with van der Waals surface area (Å²) in [6, 6.07) is 0. The van der Waals surface area contributed by atoms with Crippen LogP contribution in [0.25, 0.3) is 0 Å². The van der Waals surface area contributed by atoms with E-state index < -0.39 is 6.09 Å². The van der Waals surface area contributed by atoms with Gasteiger partial charge in [0.15, 0.2) is 0 Å². The molecule has 1 aliphatic rings. The van der Waals surface area contributed by atoms with Crippen molar-refractivity contribution < 1.29 is 14.6 Å². The fraction of sp³-hybridized carbons (Fsp3) is 0.750. The van der Waals surface area contributed by atoms with Gasteiger partial charge in [-0.05, 0) is 11.8 Å². The normalized spacial score (nSPS) is 22.7. The quantitative estimate of drug-likeness (QED) is 0.737. The molecule has 0 spiro atoms. The molecule has 1 saturated heterocycles. The van der Waals surface area contributed by atoms with Gasteiger partial charge >= 0.3 is 6.09 Å². The van der Waals surface area contributed by atoms with E-state index in [9.17, 15) is 4.79 Å². The zero-order valence-electron chi connectivity index (χ0n) is 10.3. The summed E-state index contributed by atoms with van der Waals surface area (Å²) in [5.74, 6) is 0. The summed E-state index contributed by atoms with van der Waals surface area (Å²) in [4.78, 5) is 12.2. The highest BCUT2D eigenvalue weighted by Crippen LogP contribution is 2.19. The molecule has 0 aromatic heterocycles. The van der Waals surface area contributed by atoms with Crippen molar-refractivity contribution in [2.75, 3.05) is 19.7 Å². The Hall–Kier alpha value is -1.03. The van der Waals surface area contributed by atoms with E-state index in [1.54, 1.807) is 0 Å². The predicted octanol–water partition coefficient (Wildman–Crippen LogP) is 2.36. The lowest BCUT2D eigenvalue weighted by molar-refractivity contribution is 0.00191. The van der Waals surface area contributed by atoms with Crippen LogP contribution >= 0.6 is 0 Å². The monoisotopic (exact) mass is 227 g/mol. The maximum atomic E-state index is 10.8. The second-order valence-electron chi connectivity index (χ2n) is 5.33.